The van der Waals surface area contributed by atoms with Crippen LogP contribution in [0.25, 0.3) is 22.5 Å². The molecule has 2 aromatic heterocycles. The molecule has 0 aliphatic rings. The number of methoxy groups -OCH3 is 2. The third-order valence-electron chi connectivity index (χ3n) is 3.22. The van der Waals surface area contributed by atoms with Crippen molar-refractivity contribution >= 4 is 0 Å². The van der Waals surface area contributed by atoms with Crippen molar-refractivity contribution in [1.29, 1.82) is 0 Å². The van der Waals surface area contributed by atoms with E-state index in [1.165, 1.54) is 0 Å². The molecular formula is C16H14N4O2. The molecule has 22 heavy (non-hydrogen) atoms. The fourth-order valence-electron chi connectivity index (χ4n) is 2.16. The van der Waals surface area contributed by atoms with Crippen LogP contribution in [0, 0.1) is 0 Å². The van der Waals surface area contributed by atoms with Crippen molar-refractivity contribution < 1.29 is 9.47 Å². The first-order chi connectivity index (χ1) is 10.8. The van der Waals surface area contributed by atoms with E-state index in [2.05, 4.69) is 20.4 Å². The smallest absolute Gasteiger partial charge is 0.170 e. The van der Waals surface area contributed by atoms with E-state index in [0.717, 1.165) is 16.8 Å². The Morgan fingerprint density at radius 3 is 2.27 bits per heavy atom. The number of rotatable bonds is 4. The van der Waals surface area contributed by atoms with Gasteiger partial charge in [-0.05, 0) is 30.3 Å². The molecule has 3 aromatic rings. The van der Waals surface area contributed by atoms with Crippen LogP contribution in [0.1, 0.15) is 0 Å². The van der Waals surface area contributed by atoms with E-state index >= 15 is 0 Å². The fraction of sp³-hybridized carbons (Fsp3) is 0.125. The number of benzene rings is 1. The Balaban J connectivity index is 2.00. The number of para-hydroxylation sites is 1. The Morgan fingerprint density at radius 1 is 0.818 bits per heavy atom. The molecule has 0 radical (unpaired) electrons. The molecule has 0 spiro atoms. The summed E-state index contributed by atoms with van der Waals surface area (Å²) < 4.78 is 10.7. The minimum atomic E-state index is 0.637. The second kappa shape index (κ2) is 6.17. The highest BCUT2D eigenvalue weighted by Gasteiger charge is 2.13. The van der Waals surface area contributed by atoms with Crippen molar-refractivity contribution in [1.82, 2.24) is 20.4 Å². The Kier molecular flexibility index (Phi) is 3.91. The zero-order valence-corrected chi connectivity index (χ0v) is 12.2. The van der Waals surface area contributed by atoms with E-state index in [9.17, 15) is 0 Å². The molecule has 0 unspecified atom stereocenters. The van der Waals surface area contributed by atoms with Gasteiger partial charge in [0.05, 0.1) is 38.0 Å². The number of hydrogen-bond acceptors (Lipinski definition) is 6. The van der Waals surface area contributed by atoms with Crippen LogP contribution >= 0.6 is 0 Å². The topological polar surface area (TPSA) is 70.0 Å². The second-order valence-electron chi connectivity index (χ2n) is 4.48. The molecule has 1 aromatic carbocycles. The Morgan fingerprint density at radius 2 is 1.64 bits per heavy atom. The maximum Gasteiger partial charge on any atom is 0.170 e. The highest BCUT2D eigenvalue weighted by atomic mass is 16.5. The van der Waals surface area contributed by atoms with Gasteiger partial charge in [-0.3, -0.25) is 0 Å². The first-order valence-electron chi connectivity index (χ1n) is 6.65. The van der Waals surface area contributed by atoms with E-state index in [1.807, 2.05) is 36.4 Å². The quantitative estimate of drug-likeness (QED) is 0.736. The van der Waals surface area contributed by atoms with Crippen LogP contribution in [-0.4, -0.2) is 34.6 Å². The van der Waals surface area contributed by atoms with Crippen molar-refractivity contribution in [3.05, 3.63) is 48.8 Å². The van der Waals surface area contributed by atoms with E-state index in [1.54, 1.807) is 26.6 Å². The molecule has 6 heteroatoms. The summed E-state index contributed by atoms with van der Waals surface area (Å²) in [6.45, 7) is 0. The van der Waals surface area contributed by atoms with E-state index < -0.39 is 0 Å². The summed E-state index contributed by atoms with van der Waals surface area (Å²) in [6.07, 6.45) is 3.27. The third kappa shape index (κ3) is 2.58. The van der Waals surface area contributed by atoms with Crippen molar-refractivity contribution in [3.63, 3.8) is 0 Å². The lowest BCUT2D eigenvalue weighted by atomic mass is 10.1. The van der Waals surface area contributed by atoms with Crippen molar-refractivity contribution in [2.24, 2.45) is 0 Å². The van der Waals surface area contributed by atoms with Crippen LogP contribution in [0.5, 0.6) is 11.5 Å². The molecular weight excluding hydrogens is 280 g/mol. The van der Waals surface area contributed by atoms with E-state index in [-0.39, 0.29) is 0 Å². The molecule has 0 fully saturated rings. The summed E-state index contributed by atoms with van der Waals surface area (Å²) in [5.41, 5.74) is 3.14. The van der Waals surface area contributed by atoms with Crippen molar-refractivity contribution in [2.75, 3.05) is 14.2 Å². The Labute approximate surface area is 127 Å². The third-order valence-corrected chi connectivity index (χ3v) is 3.22. The van der Waals surface area contributed by atoms with Gasteiger partial charge >= 0.3 is 0 Å². The summed E-state index contributed by atoms with van der Waals surface area (Å²) in [5.74, 6) is 1.29. The van der Waals surface area contributed by atoms with Gasteiger partial charge in [-0.2, -0.15) is 10.2 Å². The lowest BCUT2D eigenvalue weighted by molar-refractivity contribution is 0.356. The maximum atomic E-state index is 5.43. The van der Waals surface area contributed by atoms with Gasteiger partial charge in [0.2, 0.25) is 0 Å². The molecule has 0 aliphatic heterocycles. The summed E-state index contributed by atoms with van der Waals surface area (Å²) in [7, 11) is 3.21. The molecule has 0 atom stereocenters. The van der Waals surface area contributed by atoms with Crippen molar-refractivity contribution in [3.8, 4) is 34.0 Å². The maximum absolute atomic E-state index is 5.43. The van der Waals surface area contributed by atoms with E-state index in [4.69, 9.17) is 9.47 Å². The number of ether oxygens (including phenoxy) is 2. The molecule has 0 saturated heterocycles. The van der Waals surface area contributed by atoms with Crippen LogP contribution in [0.4, 0.5) is 0 Å². The van der Waals surface area contributed by atoms with Crippen LogP contribution in [0.3, 0.4) is 0 Å². The first kappa shape index (κ1) is 13.9. The van der Waals surface area contributed by atoms with E-state index in [0.29, 0.717) is 17.2 Å². The van der Waals surface area contributed by atoms with Crippen LogP contribution < -0.4 is 9.47 Å². The minimum Gasteiger partial charge on any atom is -0.493 e. The number of hydrogen-bond donors (Lipinski definition) is 0. The highest BCUT2D eigenvalue weighted by molar-refractivity contribution is 5.71. The molecule has 6 nitrogen and oxygen atoms in total. The zero-order chi connectivity index (χ0) is 15.4. The average molecular weight is 294 g/mol. The predicted molar refractivity (Wildman–Crippen MR) is 81.6 cm³/mol. The first-order valence-corrected chi connectivity index (χ1v) is 6.65. The summed E-state index contributed by atoms with van der Waals surface area (Å²) in [6, 6.07) is 11.3. The second-order valence-corrected chi connectivity index (χ2v) is 4.48. The molecule has 2 heterocycles. The molecule has 0 N–H and O–H groups in total. The molecule has 0 aliphatic carbocycles. The fourth-order valence-corrected chi connectivity index (χ4v) is 2.16. The van der Waals surface area contributed by atoms with Gasteiger partial charge in [0, 0.05) is 11.1 Å². The number of aromatic nitrogens is 4. The van der Waals surface area contributed by atoms with Gasteiger partial charge in [-0.15, -0.1) is 10.2 Å². The lowest BCUT2D eigenvalue weighted by Crippen LogP contribution is -1.96. The predicted octanol–water partition coefficient (Wildman–Crippen LogP) is 2.62. The molecule has 0 amide bonds. The SMILES string of the molecule is COc1cccc(-c2ccc(-c3ccnnc3)nn2)c1OC. The molecule has 110 valence electrons. The molecule has 0 bridgehead atoms. The Bertz CT molecular complexity index is 761. The molecule has 3 rings (SSSR count). The standard InChI is InChI=1S/C16H14N4O2/c1-21-15-5-3-4-12(16(15)22-2)14-7-6-13(19-20-14)11-8-9-17-18-10-11/h3-10H,1-2H3. The zero-order valence-electron chi connectivity index (χ0n) is 12.2. The summed E-state index contributed by atoms with van der Waals surface area (Å²) in [4.78, 5) is 0. The minimum absolute atomic E-state index is 0.637. The number of nitrogens with zero attached hydrogens (tertiary/aromatic N) is 4. The van der Waals surface area contributed by atoms with Gasteiger partial charge in [0.25, 0.3) is 0 Å². The summed E-state index contributed by atoms with van der Waals surface area (Å²) in [5, 5.41) is 16.1. The Hall–Kier alpha value is -3.02. The van der Waals surface area contributed by atoms with Crippen LogP contribution in [0.15, 0.2) is 48.8 Å². The van der Waals surface area contributed by atoms with Gasteiger partial charge in [-0.25, -0.2) is 0 Å². The van der Waals surface area contributed by atoms with Crippen molar-refractivity contribution in [2.45, 2.75) is 0 Å². The van der Waals surface area contributed by atoms with Gasteiger partial charge < -0.3 is 9.47 Å². The molecule has 0 saturated carbocycles. The summed E-state index contributed by atoms with van der Waals surface area (Å²) >= 11 is 0. The average Bonchev–Trinajstić information content (AvgIpc) is 2.62. The van der Waals surface area contributed by atoms with Gasteiger partial charge in [0.15, 0.2) is 11.5 Å². The lowest BCUT2D eigenvalue weighted by Gasteiger charge is -2.11. The van der Waals surface area contributed by atoms with Crippen LogP contribution in [0.2, 0.25) is 0 Å². The highest BCUT2D eigenvalue weighted by Crippen LogP contribution is 2.36. The monoisotopic (exact) mass is 294 g/mol. The van der Waals surface area contributed by atoms with Crippen LogP contribution in [-0.2, 0) is 0 Å². The van der Waals surface area contributed by atoms with Gasteiger partial charge in [-0.1, -0.05) is 6.07 Å². The van der Waals surface area contributed by atoms with Gasteiger partial charge in [0.1, 0.15) is 0 Å². The normalized spacial score (nSPS) is 10.3. The largest absolute Gasteiger partial charge is 0.493 e.